The molecule has 0 amide bonds. The van der Waals surface area contributed by atoms with Crippen LogP contribution in [0.4, 0.5) is 11.6 Å². The van der Waals surface area contributed by atoms with Crippen molar-refractivity contribution in [3.05, 3.63) is 11.9 Å². The smallest absolute Gasteiger partial charge is 0.134 e. The molecular formula is C12H20N4. The van der Waals surface area contributed by atoms with Crippen LogP contribution < -0.4 is 10.6 Å². The highest BCUT2D eigenvalue weighted by molar-refractivity contribution is 5.57. The Kier molecular flexibility index (Phi) is 2.74. The Bertz CT molecular complexity index is 383. The summed E-state index contributed by atoms with van der Waals surface area (Å²) < 4.78 is 0. The van der Waals surface area contributed by atoms with E-state index in [0.29, 0.717) is 0 Å². The SMILES string of the molecule is CNc1ncnc(NC(C)(C)C2CC2)c1C. The fourth-order valence-corrected chi connectivity index (χ4v) is 2.04. The van der Waals surface area contributed by atoms with E-state index in [-0.39, 0.29) is 5.54 Å². The van der Waals surface area contributed by atoms with Gasteiger partial charge in [0.15, 0.2) is 0 Å². The summed E-state index contributed by atoms with van der Waals surface area (Å²) in [6.07, 6.45) is 4.25. The van der Waals surface area contributed by atoms with Gasteiger partial charge in [-0.25, -0.2) is 9.97 Å². The average molecular weight is 220 g/mol. The number of hydrogen-bond acceptors (Lipinski definition) is 4. The minimum absolute atomic E-state index is 0.129. The van der Waals surface area contributed by atoms with E-state index < -0.39 is 0 Å². The summed E-state index contributed by atoms with van der Waals surface area (Å²) >= 11 is 0. The van der Waals surface area contributed by atoms with Gasteiger partial charge in [0.25, 0.3) is 0 Å². The average Bonchev–Trinajstić information content (AvgIpc) is 3.04. The second-order valence-corrected chi connectivity index (χ2v) is 5.07. The number of nitrogens with one attached hydrogen (secondary N) is 2. The molecule has 88 valence electrons. The highest BCUT2D eigenvalue weighted by Gasteiger charge is 2.38. The van der Waals surface area contributed by atoms with Gasteiger partial charge in [0.1, 0.15) is 18.0 Å². The van der Waals surface area contributed by atoms with Crippen molar-refractivity contribution in [1.82, 2.24) is 9.97 Å². The third-order valence-electron chi connectivity index (χ3n) is 3.36. The highest BCUT2D eigenvalue weighted by atomic mass is 15.1. The van der Waals surface area contributed by atoms with Gasteiger partial charge >= 0.3 is 0 Å². The number of anilines is 2. The van der Waals surface area contributed by atoms with Crippen LogP contribution in [0.2, 0.25) is 0 Å². The summed E-state index contributed by atoms with van der Waals surface area (Å²) in [5.41, 5.74) is 1.21. The van der Waals surface area contributed by atoms with E-state index in [9.17, 15) is 0 Å². The molecular weight excluding hydrogens is 200 g/mol. The molecule has 1 saturated carbocycles. The van der Waals surface area contributed by atoms with Crippen molar-refractivity contribution in [3.8, 4) is 0 Å². The minimum atomic E-state index is 0.129. The van der Waals surface area contributed by atoms with E-state index in [1.807, 2.05) is 14.0 Å². The summed E-state index contributed by atoms with van der Waals surface area (Å²) in [7, 11) is 1.88. The molecule has 0 aromatic carbocycles. The molecule has 2 N–H and O–H groups in total. The topological polar surface area (TPSA) is 49.8 Å². The van der Waals surface area contributed by atoms with Crippen LogP contribution in [0.1, 0.15) is 32.3 Å². The molecule has 0 unspecified atom stereocenters. The fourth-order valence-electron chi connectivity index (χ4n) is 2.04. The number of hydrogen-bond donors (Lipinski definition) is 2. The summed E-state index contributed by atoms with van der Waals surface area (Å²) in [4.78, 5) is 8.51. The van der Waals surface area contributed by atoms with Gasteiger partial charge in [-0.1, -0.05) is 0 Å². The van der Waals surface area contributed by atoms with Crippen molar-refractivity contribution in [2.24, 2.45) is 5.92 Å². The summed E-state index contributed by atoms with van der Waals surface area (Å²) in [5.74, 6) is 2.61. The summed E-state index contributed by atoms with van der Waals surface area (Å²) in [5, 5.41) is 6.61. The summed E-state index contributed by atoms with van der Waals surface area (Å²) in [6.45, 7) is 6.52. The first-order chi connectivity index (χ1) is 7.54. The van der Waals surface area contributed by atoms with E-state index in [1.165, 1.54) is 12.8 Å². The molecule has 0 spiro atoms. The molecule has 0 bridgehead atoms. The molecule has 1 aliphatic rings. The first-order valence-corrected chi connectivity index (χ1v) is 5.82. The largest absolute Gasteiger partial charge is 0.373 e. The van der Waals surface area contributed by atoms with Gasteiger partial charge in [0.2, 0.25) is 0 Å². The molecule has 2 rings (SSSR count). The van der Waals surface area contributed by atoms with Crippen LogP contribution in [0.5, 0.6) is 0 Å². The molecule has 0 aliphatic heterocycles. The first-order valence-electron chi connectivity index (χ1n) is 5.82. The lowest BCUT2D eigenvalue weighted by molar-refractivity contribution is 0.492. The van der Waals surface area contributed by atoms with Crippen molar-refractivity contribution in [2.45, 2.75) is 39.2 Å². The Balaban J connectivity index is 2.20. The second-order valence-electron chi connectivity index (χ2n) is 5.07. The lowest BCUT2D eigenvalue weighted by Gasteiger charge is -2.27. The van der Waals surface area contributed by atoms with Crippen molar-refractivity contribution in [2.75, 3.05) is 17.7 Å². The number of aromatic nitrogens is 2. The van der Waals surface area contributed by atoms with Crippen molar-refractivity contribution < 1.29 is 0 Å². The highest BCUT2D eigenvalue weighted by Crippen LogP contribution is 2.41. The molecule has 16 heavy (non-hydrogen) atoms. The first kappa shape index (κ1) is 11.2. The van der Waals surface area contributed by atoms with Gasteiger partial charge < -0.3 is 10.6 Å². The molecule has 0 atom stereocenters. The zero-order valence-corrected chi connectivity index (χ0v) is 10.5. The van der Waals surface area contributed by atoms with Crippen LogP contribution in [-0.2, 0) is 0 Å². The number of nitrogens with zero attached hydrogens (tertiary/aromatic N) is 2. The maximum absolute atomic E-state index is 4.32. The third kappa shape index (κ3) is 2.10. The quantitative estimate of drug-likeness (QED) is 0.818. The Morgan fingerprint density at radius 1 is 1.25 bits per heavy atom. The van der Waals surface area contributed by atoms with Crippen LogP contribution in [-0.4, -0.2) is 22.6 Å². The minimum Gasteiger partial charge on any atom is -0.373 e. The molecule has 0 saturated heterocycles. The normalized spacial score (nSPS) is 16.0. The van der Waals surface area contributed by atoms with Gasteiger partial charge in [-0.05, 0) is 39.5 Å². The Morgan fingerprint density at radius 3 is 2.44 bits per heavy atom. The van der Waals surface area contributed by atoms with Crippen LogP contribution in [0.3, 0.4) is 0 Å². The van der Waals surface area contributed by atoms with Gasteiger partial charge in [0.05, 0.1) is 0 Å². The van der Waals surface area contributed by atoms with Gasteiger partial charge in [-0.15, -0.1) is 0 Å². The lowest BCUT2D eigenvalue weighted by Crippen LogP contribution is -2.34. The van der Waals surface area contributed by atoms with Crippen molar-refractivity contribution in [3.63, 3.8) is 0 Å². The van der Waals surface area contributed by atoms with E-state index in [2.05, 4.69) is 34.4 Å². The van der Waals surface area contributed by atoms with Gasteiger partial charge in [-0.3, -0.25) is 0 Å². The maximum atomic E-state index is 4.32. The predicted molar refractivity (Wildman–Crippen MR) is 66.7 cm³/mol. The van der Waals surface area contributed by atoms with Gasteiger partial charge in [-0.2, -0.15) is 0 Å². The second kappa shape index (κ2) is 3.92. The van der Waals surface area contributed by atoms with Crippen LogP contribution in [0.25, 0.3) is 0 Å². The Labute approximate surface area is 96.9 Å². The van der Waals surface area contributed by atoms with Crippen molar-refractivity contribution >= 4 is 11.6 Å². The molecule has 1 aromatic rings. The standard InChI is InChI=1S/C12H20N4/c1-8-10(13-4)14-7-15-11(8)16-12(2,3)9-5-6-9/h7,9H,5-6H2,1-4H3,(H2,13,14,15,16). The fraction of sp³-hybridized carbons (Fsp3) is 0.667. The molecule has 1 fully saturated rings. The van der Waals surface area contributed by atoms with Crippen LogP contribution >= 0.6 is 0 Å². The van der Waals surface area contributed by atoms with E-state index in [4.69, 9.17) is 0 Å². The van der Waals surface area contributed by atoms with E-state index >= 15 is 0 Å². The molecule has 1 heterocycles. The summed E-state index contributed by atoms with van der Waals surface area (Å²) in [6, 6.07) is 0. The molecule has 1 aromatic heterocycles. The monoisotopic (exact) mass is 220 g/mol. The lowest BCUT2D eigenvalue weighted by atomic mass is 9.98. The zero-order chi connectivity index (χ0) is 11.8. The maximum Gasteiger partial charge on any atom is 0.134 e. The molecule has 0 radical (unpaired) electrons. The third-order valence-corrected chi connectivity index (χ3v) is 3.36. The number of rotatable bonds is 4. The van der Waals surface area contributed by atoms with Crippen molar-refractivity contribution in [1.29, 1.82) is 0 Å². The predicted octanol–water partition coefficient (Wildman–Crippen LogP) is 2.43. The Hall–Kier alpha value is -1.32. The zero-order valence-electron chi connectivity index (χ0n) is 10.5. The van der Waals surface area contributed by atoms with Crippen LogP contribution in [0, 0.1) is 12.8 Å². The van der Waals surface area contributed by atoms with E-state index in [1.54, 1.807) is 6.33 Å². The van der Waals surface area contributed by atoms with Crippen LogP contribution in [0.15, 0.2) is 6.33 Å². The van der Waals surface area contributed by atoms with E-state index in [0.717, 1.165) is 23.1 Å². The molecule has 1 aliphatic carbocycles. The Morgan fingerprint density at radius 2 is 1.88 bits per heavy atom. The molecule has 4 heteroatoms. The van der Waals surface area contributed by atoms with Gasteiger partial charge in [0, 0.05) is 18.2 Å². The molecule has 4 nitrogen and oxygen atoms in total.